The zero-order valence-corrected chi connectivity index (χ0v) is 22.0. The van der Waals surface area contributed by atoms with E-state index in [0.29, 0.717) is 55.2 Å². The number of imidazole rings is 1. The van der Waals surface area contributed by atoms with Gasteiger partial charge in [-0.3, -0.25) is 19.5 Å². The predicted octanol–water partition coefficient (Wildman–Crippen LogP) is 0.537. The Morgan fingerprint density at radius 2 is 1.92 bits per heavy atom. The Kier molecular flexibility index (Phi) is 6.81. The van der Waals surface area contributed by atoms with E-state index in [0.717, 1.165) is 31.9 Å². The zero-order chi connectivity index (χ0) is 26.9. The molecule has 14 heteroatoms. The van der Waals surface area contributed by atoms with Crippen LogP contribution in [0.2, 0.25) is 0 Å². The van der Waals surface area contributed by atoms with Gasteiger partial charge in [0.05, 0.1) is 12.8 Å². The number of piperazine rings is 1. The Hall–Kier alpha value is -4.14. The number of hydrazine groups is 1. The van der Waals surface area contributed by atoms with E-state index in [2.05, 4.69) is 37.0 Å². The second kappa shape index (κ2) is 10.6. The van der Waals surface area contributed by atoms with Crippen LogP contribution in [0, 0.1) is 0 Å². The summed E-state index contributed by atoms with van der Waals surface area (Å²) in [6.07, 6.45) is 2.67. The smallest absolute Gasteiger partial charge is 0.343 e. The first-order chi connectivity index (χ1) is 19.0. The molecule has 14 nitrogen and oxygen atoms in total. The van der Waals surface area contributed by atoms with Crippen LogP contribution in [0.25, 0.3) is 5.78 Å². The lowest BCUT2D eigenvalue weighted by Gasteiger charge is -2.36. The van der Waals surface area contributed by atoms with E-state index in [1.165, 1.54) is 17.0 Å². The number of benzene rings is 1. The number of ether oxygens (including phenoxy) is 2. The maximum Gasteiger partial charge on any atom is 0.343 e. The molecule has 0 amide bonds. The lowest BCUT2D eigenvalue weighted by Crippen LogP contribution is -2.47. The lowest BCUT2D eigenvalue weighted by atomic mass is 10.2. The standard InChI is InChI=1S/C25H32N10O4/c1-17-28-20(23-27-7-14-39-23)21-22(34(17)26)29-24-33(25(36)30-35(21)24)13-10-31-8-11-32(12-9-31)18-3-5-19(6-4-18)38-16-15-37-2/h3-7,14,17H,8-13,15-16,26H2,1-2H3,(H,30,36). The number of fused-ring (bicyclic) bond motifs is 3. The number of nitrogens with one attached hydrogen (secondary N) is 1. The molecular weight excluding hydrogens is 504 g/mol. The molecule has 206 valence electrons. The Morgan fingerprint density at radius 3 is 2.64 bits per heavy atom. The largest absolute Gasteiger partial charge is 0.491 e. The van der Waals surface area contributed by atoms with Crippen LogP contribution < -0.4 is 26.2 Å². The van der Waals surface area contributed by atoms with Gasteiger partial charge in [-0.05, 0) is 31.2 Å². The summed E-state index contributed by atoms with van der Waals surface area (Å²) in [5.41, 5.74) is 1.97. The first-order valence-electron chi connectivity index (χ1n) is 13.0. The molecule has 1 unspecified atom stereocenters. The summed E-state index contributed by atoms with van der Waals surface area (Å²) in [4.78, 5) is 31.2. The van der Waals surface area contributed by atoms with Gasteiger partial charge < -0.3 is 18.8 Å². The molecule has 0 saturated carbocycles. The summed E-state index contributed by atoms with van der Waals surface area (Å²) in [6, 6.07) is 8.16. The number of aromatic amines is 1. The van der Waals surface area contributed by atoms with Gasteiger partial charge in [0, 0.05) is 52.1 Å². The Labute approximate surface area is 224 Å². The lowest BCUT2D eigenvalue weighted by molar-refractivity contribution is 0.146. The van der Waals surface area contributed by atoms with Crippen molar-refractivity contribution in [1.82, 2.24) is 29.0 Å². The summed E-state index contributed by atoms with van der Waals surface area (Å²) in [5.74, 6) is 8.44. The van der Waals surface area contributed by atoms with E-state index < -0.39 is 0 Å². The van der Waals surface area contributed by atoms with Crippen LogP contribution in [0.5, 0.6) is 5.75 Å². The summed E-state index contributed by atoms with van der Waals surface area (Å²) in [5, 5.41) is 4.37. The van der Waals surface area contributed by atoms with E-state index in [1.807, 2.05) is 19.1 Å². The summed E-state index contributed by atoms with van der Waals surface area (Å²) in [7, 11) is 1.66. The van der Waals surface area contributed by atoms with Gasteiger partial charge in [-0.15, -0.1) is 0 Å². The van der Waals surface area contributed by atoms with Crippen molar-refractivity contribution in [1.29, 1.82) is 0 Å². The first kappa shape index (κ1) is 25.2. The number of oxazole rings is 1. The average molecular weight is 537 g/mol. The van der Waals surface area contributed by atoms with Gasteiger partial charge >= 0.3 is 5.69 Å². The maximum absolute atomic E-state index is 12.9. The van der Waals surface area contributed by atoms with Crippen LogP contribution in [0.4, 0.5) is 11.5 Å². The molecule has 6 rings (SSSR count). The number of nitrogens with zero attached hydrogens (tertiary/aromatic N) is 8. The second-order valence-corrected chi connectivity index (χ2v) is 9.51. The topological polar surface area (TPSA) is 148 Å². The molecule has 0 aliphatic carbocycles. The third-order valence-corrected chi connectivity index (χ3v) is 7.13. The predicted molar refractivity (Wildman–Crippen MR) is 145 cm³/mol. The van der Waals surface area contributed by atoms with Gasteiger partial charge in [-0.1, -0.05) is 0 Å². The number of aromatic nitrogens is 5. The quantitative estimate of drug-likeness (QED) is 0.229. The van der Waals surface area contributed by atoms with Crippen molar-refractivity contribution < 1.29 is 13.9 Å². The average Bonchev–Trinajstić information content (AvgIpc) is 3.68. The Balaban J connectivity index is 1.12. The van der Waals surface area contributed by atoms with Crippen molar-refractivity contribution in [2.45, 2.75) is 19.6 Å². The molecule has 1 fully saturated rings. The maximum atomic E-state index is 12.9. The van der Waals surface area contributed by atoms with E-state index >= 15 is 0 Å². The SMILES string of the molecule is COCCOc1ccc(N2CCN(CCn3c(=O)[nH]n4c5c(nc34)N(N)C(C)N=C5c3ncco3)CC2)cc1. The Bertz CT molecular complexity index is 1500. The van der Waals surface area contributed by atoms with Crippen molar-refractivity contribution in [3.05, 3.63) is 58.8 Å². The molecule has 0 spiro atoms. The van der Waals surface area contributed by atoms with Gasteiger partial charge in [0.15, 0.2) is 11.5 Å². The Morgan fingerprint density at radius 1 is 1.13 bits per heavy atom. The highest BCUT2D eigenvalue weighted by atomic mass is 16.5. The van der Waals surface area contributed by atoms with Gasteiger partial charge in [0.1, 0.15) is 30.5 Å². The number of methoxy groups -OCH3 is 1. The molecule has 1 atom stereocenters. The van der Waals surface area contributed by atoms with E-state index in [9.17, 15) is 4.79 Å². The van der Waals surface area contributed by atoms with Crippen LogP contribution >= 0.6 is 0 Å². The van der Waals surface area contributed by atoms with Crippen LogP contribution in [0.15, 0.2) is 50.9 Å². The molecule has 0 bridgehead atoms. The zero-order valence-electron chi connectivity index (χ0n) is 22.0. The van der Waals surface area contributed by atoms with Crippen molar-refractivity contribution in [2.24, 2.45) is 10.8 Å². The molecule has 39 heavy (non-hydrogen) atoms. The second-order valence-electron chi connectivity index (χ2n) is 9.51. The fourth-order valence-electron chi connectivity index (χ4n) is 4.98. The monoisotopic (exact) mass is 536 g/mol. The first-order valence-corrected chi connectivity index (χ1v) is 13.0. The number of aliphatic imine (C=N–C) groups is 1. The molecule has 3 aromatic heterocycles. The van der Waals surface area contributed by atoms with Crippen molar-refractivity contribution in [2.75, 3.05) is 63.0 Å². The highest BCUT2D eigenvalue weighted by Gasteiger charge is 2.33. The normalized spacial score (nSPS) is 18.0. The number of rotatable bonds is 9. The number of H-pyrrole nitrogens is 1. The molecule has 0 radical (unpaired) electrons. The minimum Gasteiger partial charge on any atom is -0.491 e. The molecule has 1 aromatic carbocycles. The molecule has 5 heterocycles. The third-order valence-electron chi connectivity index (χ3n) is 7.13. The number of anilines is 2. The summed E-state index contributed by atoms with van der Waals surface area (Å²) in [6.45, 7) is 7.74. The number of hydrogen-bond donors (Lipinski definition) is 2. The minimum atomic E-state index is -0.366. The molecular formula is C25H32N10O4. The van der Waals surface area contributed by atoms with E-state index in [1.54, 1.807) is 22.4 Å². The van der Waals surface area contributed by atoms with E-state index in [-0.39, 0.29) is 11.9 Å². The van der Waals surface area contributed by atoms with Gasteiger partial charge in [0.25, 0.3) is 0 Å². The molecule has 2 aliphatic heterocycles. The third kappa shape index (κ3) is 4.77. The number of hydrogen-bond acceptors (Lipinski definition) is 11. The highest BCUT2D eigenvalue weighted by molar-refractivity contribution is 6.13. The number of nitrogens with two attached hydrogens (primary N) is 1. The fraction of sp³-hybridized carbons (Fsp3) is 0.440. The summed E-state index contributed by atoms with van der Waals surface area (Å²) >= 11 is 0. The van der Waals surface area contributed by atoms with E-state index in [4.69, 9.17) is 24.7 Å². The van der Waals surface area contributed by atoms with Crippen LogP contribution in [-0.2, 0) is 11.3 Å². The molecule has 1 saturated heterocycles. The fourth-order valence-corrected chi connectivity index (χ4v) is 4.98. The van der Waals surface area contributed by atoms with Crippen molar-refractivity contribution in [3.63, 3.8) is 0 Å². The van der Waals surface area contributed by atoms with Crippen LogP contribution in [-0.4, -0.2) is 94.0 Å². The molecule has 3 N–H and O–H groups in total. The van der Waals surface area contributed by atoms with Crippen molar-refractivity contribution >= 4 is 23.0 Å². The van der Waals surface area contributed by atoms with Crippen molar-refractivity contribution in [3.8, 4) is 5.75 Å². The van der Waals surface area contributed by atoms with Gasteiger partial charge in [0.2, 0.25) is 11.7 Å². The van der Waals surface area contributed by atoms with Crippen LogP contribution in [0.1, 0.15) is 18.5 Å². The van der Waals surface area contributed by atoms with Crippen LogP contribution in [0.3, 0.4) is 0 Å². The van der Waals surface area contributed by atoms with Gasteiger partial charge in [-0.25, -0.2) is 25.2 Å². The molecule has 4 aromatic rings. The highest BCUT2D eigenvalue weighted by Crippen LogP contribution is 2.28. The summed E-state index contributed by atoms with van der Waals surface area (Å²) < 4.78 is 19.4. The van der Waals surface area contributed by atoms with Gasteiger partial charge in [-0.2, -0.15) is 4.98 Å². The molecule has 2 aliphatic rings. The minimum absolute atomic E-state index is 0.249.